The van der Waals surface area contributed by atoms with Crippen LogP contribution in [0.3, 0.4) is 0 Å². The Kier molecular flexibility index (Phi) is 2.54. The van der Waals surface area contributed by atoms with Crippen LogP contribution in [0, 0.1) is 17.6 Å². The highest BCUT2D eigenvalue weighted by atomic mass is 19.1. The van der Waals surface area contributed by atoms with Crippen molar-refractivity contribution in [2.24, 2.45) is 5.92 Å². The molecule has 92 valence electrons. The van der Waals surface area contributed by atoms with E-state index in [2.05, 4.69) is 10.6 Å². The van der Waals surface area contributed by atoms with Crippen LogP contribution >= 0.6 is 0 Å². The highest BCUT2D eigenvalue weighted by molar-refractivity contribution is 5.45. The Labute approximate surface area is 99.4 Å². The van der Waals surface area contributed by atoms with Gasteiger partial charge in [-0.1, -0.05) is 0 Å². The summed E-state index contributed by atoms with van der Waals surface area (Å²) in [7, 11) is 0. The molecule has 0 aromatic heterocycles. The first-order valence-electron chi connectivity index (χ1n) is 6.11. The number of halogens is 2. The number of anilines is 1. The van der Waals surface area contributed by atoms with E-state index in [1.165, 1.54) is 31.4 Å². The summed E-state index contributed by atoms with van der Waals surface area (Å²) in [5.41, 5.74) is 0.528. The quantitative estimate of drug-likeness (QED) is 0.845. The van der Waals surface area contributed by atoms with Crippen molar-refractivity contribution in [2.75, 3.05) is 18.4 Å². The summed E-state index contributed by atoms with van der Waals surface area (Å²) in [6.45, 7) is 1.77. The molecule has 2 nitrogen and oxygen atoms in total. The van der Waals surface area contributed by atoms with Crippen LogP contribution in [0.1, 0.15) is 19.3 Å². The zero-order valence-electron chi connectivity index (χ0n) is 9.60. The summed E-state index contributed by atoms with van der Waals surface area (Å²) < 4.78 is 26.2. The minimum atomic E-state index is -0.536. The molecule has 4 heteroatoms. The molecular formula is C13H16F2N2. The Morgan fingerprint density at radius 2 is 2.18 bits per heavy atom. The Hall–Kier alpha value is -1.16. The van der Waals surface area contributed by atoms with Gasteiger partial charge in [0.15, 0.2) is 0 Å². The second-order valence-corrected chi connectivity index (χ2v) is 5.25. The molecule has 2 bridgehead atoms. The van der Waals surface area contributed by atoms with Gasteiger partial charge in [0.1, 0.15) is 11.6 Å². The van der Waals surface area contributed by atoms with Gasteiger partial charge in [0.25, 0.3) is 0 Å². The summed E-state index contributed by atoms with van der Waals surface area (Å²) >= 11 is 0. The zero-order valence-corrected chi connectivity index (χ0v) is 9.60. The van der Waals surface area contributed by atoms with Crippen molar-refractivity contribution in [3.05, 3.63) is 29.8 Å². The van der Waals surface area contributed by atoms with E-state index in [-0.39, 0.29) is 5.54 Å². The number of fused-ring (bicyclic) bond motifs is 2. The van der Waals surface area contributed by atoms with E-state index >= 15 is 0 Å². The predicted octanol–water partition coefficient (Wildman–Crippen LogP) is 2.52. The number of hydrogen-bond donors (Lipinski definition) is 2. The highest BCUT2D eigenvalue weighted by Gasteiger charge is 2.46. The molecule has 17 heavy (non-hydrogen) atoms. The molecule has 3 aliphatic rings. The molecule has 2 heterocycles. The Morgan fingerprint density at radius 3 is 2.82 bits per heavy atom. The maximum Gasteiger partial charge on any atom is 0.149 e. The van der Waals surface area contributed by atoms with Crippen molar-refractivity contribution in [3.8, 4) is 0 Å². The third kappa shape index (κ3) is 2.02. The van der Waals surface area contributed by atoms with Crippen LogP contribution in [0.25, 0.3) is 0 Å². The maximum atomic E-state index is 13.4. The molecule has 1 aliphatic carbocycles. The zero-order chi connectivity index (χ0) is 11.9. The van der Waals surface area contributed by atoms with Crippen LogP contribution in [-0.2, 0) is 0 Å². The van der Waals surface area contributed by atoms with Gasteiger partial charge in [-0.25, -0.2) is 8.78 Å². The van der Waals surface area contributed by atoms with E-state index in [4.69, 9.17) is 0 Å². The first kappa shape index (κ1) is 11.0. The lowest BCUT2D eigenvalue weighted by Crippen LogP contribution is -2.63. The van der Waals surface area contributed by atoms with E-state index in [9.17, 15) is 8.78 Å². The summed E-state index contributed by atoms with van der Waals surface area (Å²) in [6, 6.07) is 3.65. The molecule has 1 aromatic carbocycles. The van der Waals surface area contributed by atoms with Gasteiger partial charge in [-0.05, 0) is 43.9 Å². The minimum Gasteiger partial charge on any atom is -0.381 e. The average Bonchev–Trinajstić information content (AvgIpc) is 2.27. The van der Waals surface area contributed by atoms with Crippen LogP contribution < -0.4 is 10.6 Å². The van der Waals surface area contributed by atoms with Crippen LogP contribution in [0.15, 0.2) is 18.2 Å². The monoisotopic (exact) mass is 238 g/mol. The van der Waals surface area contributed by atoms with Crippen LogP contribution in [0.4, 0.5) is 14.5 Å². The van der Waals surface area contributed by atoms with Gasteiger partial charge in [0.05, 0.1) is 5.69 Å². The van der Waals surface area contributed by atoms with Gasteiger partial charge in [0.2, 0.25) is 0 Å². The molecule has 3 fully saturated rings. The lowest BCUT2D eigenvalue weighted by molar-refractivity contribution is 0.0639. The fourth-order valence-corrected chi connectivity index (χ4v) is 3.04. The Balaban J connectivity index is 1.64. The highest BCUT2D eigenvalue weighted by Crippen LogP contribution is 2.43. The third-order valence-corrected chi connectivity index (χ3v) is 3.96. The molecule has 0 atom stereocenters. The smallest absolute Gasteiger partial charge is 0.149 e. The molecule has 0 amide bonds. The predicted molar refractivity (Wildman–Crippen MR) is 62.9 cm³/mol. The van der Waals surface area contributed by atoms with Crippen molar-refractivity contribution in [1.82, 2.24) is 5.32 Å². The van der Waals surface area contributed by atoms with Gasteiger partial charge in [-0.15, -0.1) is 0 Å². The van der Waals surface area contributed by atoms with E-state index in [0.29, 0.717) is 12.2 Å². The molecular weight excluding hydrogens is 222 g/mol. The molecule has 0 radical (unpaired) electrons. The minimum absolute atomic E-state index is 0.143. The number of nitrogens with one attached hydrogen (secondary N) is 2. The lowest BCUT2D eigenvalue weighted by Gasteiger charge is -2.53. The summed E-state index contributed by atoms with van der Waals surface area (Å²) in [5, 5.41) is 6.59. The van der Waals surface area contributed by atoms with E-state index in [1.807, 2.05) is 0 Å². The van der Waals surface area contributed by atoms with Crippen LogP contribution in [0.5, 0.6) is 0 Å². The molecule has 1 saturated carbocycles. The molecule has 1 aromatic rings. The number of piperidine rings is 2. The van der Waals surface area contributed by atoms with Crippen molar-refractivity contribution >= 4 is 5.69 Å². The molecule has 2 aliphatic heterocycles. The lowest BCUT2D eigenvalue weighted by atomic mass is 9.64. The van der Waals surface area contributed by atoms with Crippen molar-refractivity contribution in [1.29, 1.82) is 0 Å². The SMILES string of the molecule is Fc1ccc(NCC23CC(CCN2)C3)c(F)c1. The second-order valence-electron chi connectivity index (χ2n) is 5.25. The van der Waals surface area contributed by atoms with E-state index in [1.54, 1.807) is 0 Å². The van der Waals surface area contributed by atoms with Gasteiger partial charge >= 0.3 is 0 Å². The molecule has 2 saturated heterocycles. The topological polar surface area (TPSA) is 24.1 Å². The fraction of sp³-hybridized carbons (Fsp3) is 0.538. The second kappa shape index (κ2) is 3.95. The summed E-state index contributed by atoms with van der Waals surface area (Å²) in [5.74, 6) is -0.213. The number of rotatable bonds is 3. The van der Waals surface area contributed by atoms with Crippen LogP contribution in [0.2, 0.25) is 0 Å². The van der Waals surface area contributed by atoms with Crippen molar-refractivity contribution in [2.45, 2.75) is 24.8 Å². The maximum absolute atomic E-state index is 13.4. The van der Waals surface area contributed by atoms with Gasteiger partial charge < -0.3 is 10.6 Å². The van der Waals surface area contributed by atoms with E-state index in [0.717, 1.165) is 18.5 Å². The normalized spacial score (nSPS) is 30.8. The van der Waals surface area contributed by atoms with Gasteiger partial charge in [-0.2, -0.15) is 0 Å². The first-order valence-corrected chi connectivity index (χ1v) is 6.11. The molecule has 4 rings (SSSR count). The van der Waals surface area contributed by atoms with Gasteiger partial charge in [-0.3, -0.25) is 0 Å². The molecule has 2 N–H and O–H groups in total. The van der Waals surface area contributed by atoms with E-state index < -0.39 is 11.6 Å². The average molecular weight is 238 g/mol. The largest absolute Gasteiger partial charge is 0.381 e. The summed E-state index contributed by atoms with van der Waals surface area (Å²) in [6.07, 6.45) is 3.60. The third-order valence-electron chi connectivity index (χ3n) is 3.96. The van der Waals surface area contributed by atoms with Gasteiger partial charge in [0, 0.05) is 18.2 Å². The fourth-order valence-electron chi connectivity index (χ4n) is 3.04. The van der Waals surface area contributed by atoms with Crippen molar-refractivity contribution in [3.63, 3.8) is 0 Å². The van der Waals surface area contributed by atoms with Crippen molar-refractivity contribution < 1.29 is 8.78 Å². The Bertz CT molecular complexity index is 422. The standard InChI is InChI=1S/C13H16F2N2/c14-10-1-2-12(11(15)5-10)16-8-13-6-9(7-13)3-4-17-13/h1-2,5,9,16-17H,3-4,6-8H2. The first-order chi connectivity index (χ1) is 8.17. The van der Waals surface area contributed by atoms with Crippen LogP contribution in [-0.4, -0.2) is 18.6 Å². The number of benzene rings is 1. The Morgan fingerprint density at radius 1 is 1.35 bits per heavy atom. The number of hydrogen-bond acceptors (Lipinski definition) is 2. The summed E-state index contributed by atoms with van der Waals surface area (Å²) in [4.78, 5) is 0. The molecule has 0 unspecified atom stereocenters. The molecule has 0 spiro atoms.